The molecule has 0 spiro atoms. The second kappa shape index (κ2) is 8.40. The maximum atomic E-state index is 6.04. The lowest BCUT2D eigenvalue weighted by Crippen LogP contribution is -2.43. The van der Waals surface area contributed by atoms with Crippen molar-refractivity contribution in [2.75, 3.05) is 39.3 Å². The number of aryl methyl sites for hydroxylation is 1. The quantitative estimate of drug-likeness (QED) is 0.781. The van der Waals surface area contributed by atoms with Crippen LogP contribution in [-0.2, 0) is 0 Å². The summed E-state index contributed by atoms with van der Waals surface area (Å²) < 4.78 is 6.04. The van der Waals surface area contributed by atoms with Gasteiger partial charge in [0.05, 0.1) is 6.61 Å². The number of hydrogen-bond acceptors (Lipinski definition) is 3. The Kier molecular flexibility index (Phi) is 6.52. The van der Waals surface area contributed by atoms with Crippen LogP contribution in [0.4, 0.5) is 0 Å². The van der Waals surface area contributed by atoms with E-state index in [4.69, 9.17) is 4.74 Å². The van der Waals surface area contributed by atoms with Crippen molar-refractivity contribution in [1.29, 1.82) is 0 Å². The molecule has 0 atom stereocenters. The summed E-state index contributed by atoms with van der Waals surface area (Å²) >= 11 is 0. The van der Waals surface area contributed by atoms with E-state index in [2.05, 4.69) is 49.2 Å². The average Bonchev–Trinajstić information content (AvgIpc) is 2.48. The summed E-state index contributed by atoms with van der Waals surface area (Å²) in [5.74, 6) is 1.59. The van der Waals surface area contributed by atoms with Gasteiger partial charge < -0.3 is 15.0 Å². The molecule has 1 N–H and O–H groups in total. The zero-order valence-corrected chi connectivity index (χ0v) is 13.8. The zero-order valence-electron chi connectivity index (χ0n) is 13.8. The molecule has 3 heteroatoms. The molecule has 1 aromatic carbocycles. The second-order valence-electron chi connectivity index (χ2n) is 6.34. The molecule has 1 aromatic rings. The van der Waals surface area contributed by atoms with E-state index in [1.165, 1.54) is 37.2 Å². The first kappa shape index (κ1) is 16.3. The van der Waals surface area contributed by atoms with Crippen molar-refractivity contribution in [3.63, 3.8) is 0 Å². The van der Waals surface area contributed by atoms with E-state index >= 15 is 0 Å². The molecule has 0 aromatic heterocycles. The molecule has 0 unspecified atom stereocenters. The van der Waals surface area contributed by atoms with E-state index in [1.54, 1.807) is 0 Å². The van der Waals surface area contributed by atoms with Gasteiger partial charge >= 0.3 is 0 Å². The highest BCUT2D eigenvalue weighted by Crippen LogP contribution is 2.27. The maximum Gasteiger partial charge on any atom is 0.122 e. The van der Waals surface area contributed by atoms with Crippen LogP contribution < -0.4 is 10.1 Å². The molecule has 1 aliphatic heterocycles. The predicted molar refractivity (Wildman–Crippen MR) is 89.3 cm³/mol. The number of rotatable bonds is 7. The van der Waals surface area contributed by atoms with Gasteiger partial charge in [-0.3, -0.25) is 0 Å². The summed E-state index contributed by atoms with van der Waals surface area (Å²) in [5, 5.41) is 3.39. The van der Waals surface area contributed by atoms with E-state index in [9.17, 15) is 0 Å². The van der Waals surface area contributed by atoms with E-state index in [1.807, 2.05) is 0 Å². The van der Waals surface area contributed by atoms with Crippen LogP contribution in [0.2, 0.25) is 0 Å². The third-order valence-electron chi connectivity index (χ3n) is 4.13. The van der Waals surface area contributed by atoms with Crippen LogP contribution in [0.5, 0.6) is 5.75 Å². The minimum Gasteiger partial charge on any atom is -0.493 e. The first-order valence-corrected chi connectivity index (χ1v) is 8.33. The Balaban J connectivity index is 1.71. The number of hydrogen-bond donors (Lipinski definition) is 1. The molecule has 0 bridgehead atoms. The summed E-state index contributed by atoms with van der Waals surface area (Å²) in [7, 11) is 0. The molecule has 118 valence electrons. The minimum atomic E-state index is 0.515. The predicted octanol–water partition coefficient (Wildman–Crippen LogP) is 3.18. The van der Waals surface area contributed by atoms with Crippen LogP contribution in [0.25, 0.3) is 0 Å². The molecular weight excluding hydrogens is 260 g/mol. The molecule has 0 amide bonds. The van der Waals surface area contributed by atoms with Crippen molar-refractivity contribution < 1.29 is 4.74 Å². The summed E-state index contributed by atoms with van der Waals surface area (Å²) in [4.78, 5) is 2.54. The molecule has 0 aliphatic carbocycles. The fourth-order valence-electron chi connectivity index (χ4n) is 2.80. The van der Waals surface area contributed by atoms with E-state index < -0.39 is 0 Å². The molecule has 1 fully saturated rings. The van der Waals surface area contributed by atoms with Gasteiger partial charge in [-0.1, -0.05) is 26.0 Å². The van der Waals surface area contributed by atoms with Crippen molar-refractivity contribution in [2.45, 2.75) is 39.5 Å². The maximum absolute atomic E-state index is 6.04. The van der Waals surface area contributed by atoms with Crippen LogP contribution in [0, 0.1) is 6.92 Å². The Bertz CT molecular complexity index is 425. The van der Waals surface area contributed by atoms with Crippen LogP contribution in [-0.4, -0.2) is 44.2 Å². The zero-order chi connectivity index (χ0) is 15.1. The van der Waals surface area contributed by atoms with E-state index in [0.29, 0.717) is 5.92 Å². The third kappa shape index (κ3) is 5.33. The fraction of sp³-hybridized carbons (Fsp3) is 0.667. The van der Waals surface area contributed by atoms with E-state index in [-0.39, 0.29) is 0 Å². The highest BCUT2D eigenvalue weighted by molar-refractivity contribution is 5.39. The van der Waals surface area contributed by atoms with Crippen molar-refractivity contribution >= 4 is 0 Å². The Labute approximate surface area is 129 Å². The van der Waals surface area contributed by atoms with Gasteiger partial charge in [-0.25, -0.2) is 0 Å². The summed E-state index contributed by atoms with van der Waals surface area (Å²) in [6.07, 6.45) is 2.36. The number of piperazine rings is 1. The lowest BCUT2D eigenvalue weighted by Gasteiger charge is -2.27. The van der Waals surface area contributed by atoms with Gasteiger partial charge in [0, 0.05) is 26.2 Å². The first-order chi connectivity index (χ1) is 10.2. The molecule has 21 heavy (non-hydrogen) atoms. The van der Waals surface area contributed by atoms with Crippen molar-refractivity contribution in [3.8, 4) is 5.75 Å². The Hall–Kier alpha value is -1.06. The standard InChI is InChI=1S/C18H30N2O/c1-15(2)17-7-6-16(3)14-18(17)21-13-5-4-10-20-11-8-19-9-12-20/h6-7,14-15,19H,4-5,8-13H2,1-3H3. The molecule has 2 rings (SSSR count). The van der Waals surface area contributed by atoms with Crippen LogP contribution >= 0.6 is 0 Å². The average molecular weight is 290 g/mol. The highest BCUT2D eigenvalue weighted by atomic mass is 16.5. The lowest BCUT2D eigenvalue weighted by molar-refractivity contribution is 0.225. The number of unbranched alkanes of at least 4 members (excludes halogenated alkanes) is 1. The van der Waals surface area contributed by atoms with Crippen LogP contribution in [0.1, 0.15) is 43.7 Å². The third-order valence-corrected chi connectivity index (χ3v) is 4.13. The van der Waals surface area contributed by atoms with Crippen LogP contribution in [0.3, 0.4) is 0 Å². The Morgan fingerprint density at radius 2 is 1.95 bits per heavy atom. The monoisotopic (exact) mass is 290 g/mol. The highest BCUT2D eigenvalue weighted by Gasteiger charge is 2.10. The minimum absolute atomic E-state index is 0.515. The Morgan fingerprint density at radius 3 is 2.67 bits per heavy atom. The van der Waals surface area contributed by atoms with Gasteiger partial charge in [0.1, 0.15) is 5.75 Å². The van der Waals surface area contributed by atoms with Crippen molar-refractivity contribution in [3.05, 3.63) is 29.3 Å². The number of nitrogens with one attached hydrogen (secondary N) is 1. The normalized spacial score (nSPS) is 16.4. The van der Waals surface area contributed by atoms with Crippen molar-refractivity contribution in [2.24, 2.45) is 0 Å². The lowest BCUT2D eigenvalue weighted by atomic mass is 10.0. The summed E-state index contributed by atoms with van der Waals surface area (Å²) in [5.41, 5.74) is 2.60. The van der Waals surface area contributed by atoms with Crippen LogP contribution in [0.15, 0.2) is 18.2 Å². The Morgan fingerprint density at radius 1 is 1.19 bits per heavy atom. The van der Waals surface area contributed by atoms with Gasteiger partial charge in [0.2, 0.25) is 0 Å². The molecule has 3 nitrogen and oxygen atoms in total. The molecule has 1 aliphatic rings. The van der Waals surface area contributed by atoms with Gasteiger partial charge in [-0.15, -0.1) is 0 Å². The molecule has 1 heterocycles. The first-order valence-electron chi connectivity index (χ1n) is 8.33. The number of nitrogens with zero attached hydrogens (tertiary/aromatic N) is 1. The van der Waals surface area contributed by atoms with Gasteiger partial charge in [0.15, 0.2) is 0 Å². The molecule has 1 saturated heterocycles. The largest absolute Gasteiger partial charge is 0.493 e. The molecular formula is C18H30N2O. The van der Waals surface area contributed by atoms with Gasteiger partial charge in [-0.2, -0.15) is 0 Å². The van der Waals surface area contributed by atoms with Gasteiger partial charge in [-0.05, 0) is 49.4 Å². The van der Waals surface area contributed by atoms with Crippen molar-refractivity contribution in [1.82, 2.24) is 10.2 Å². The summed E-state index contributed by atoms with van der Waals surface area (Å²) in [6, 6.07) is 6.55. The SMILES string of the molecule is Cc1ccc(C(C)C)c(OCCCCN2CCNCC2)c1. The topological polar surface area (TPSA) is 24.5 Å². The van der Waals surface area contributed by atoms with Gasteiger partial charge in [0.25, 0.3) is 0 Å². The smallest absolute Gasteiger partial charge is 0.122 e. The molecule has 0 radical (unpaired) electrons. The van der Waals surface area contributed by atoms with E-state index in [0.717, 1.165) is 31.9 Å². The number of ether oxygens (including phenoxy) is 1. The fourth-order valence-corrected chi connectivity index (χ4v) is 2.80. The number of benzene rings is 1. The molecule has 0 saturated carbocycles. The second-order valence-corrected chi connectivity index (χ2v) is 6.34. The summed E-state index contributed by atoms with van der Waals surface area (Å²) in [6.45, 7) is 13.3.